The molecule has 1 aromatic carbocycles. The fourth-order valence-corrected chi connectivity index (χ4v) is 2.55. The van der Waals surface area contributed by atoms with Crippen molar-refractivity contribution in [2.45, 2.75) is 10.1 Å². The molecule has 2 rings (SSSR count). The third-order valence-electron chi connectivity index (χ3n) is 2.21. The summed E-state index contributed by atoms with van der Waals surface area (Å²) in [4.78, 5) is 26.7. The van der Waals surface area contributed by atoms with E-state index in [1.165, 1.54) is 4.68 Å². The Hall–Kier alpha value is -1.85. The molecule has 0 aliphatic heterocycles. The van der Waals surface area contributed by atoms with Crippen molar-refractivity contribution in [3.63, 3.8) is 0 Å². The number of nitriles is 1. The van der Waals surface area contributed by atoms with Crippen LogP contribution in [0.5, 0.6) is 0 Å². The summed E-state index contributed by atoms with van der Waals surface area (Å²) in [6.07, 6.45) is 0. The van der Waals surface area contributed by atoms with Gasteiger partial charge in [-0.25, -0.2) is 0 Å². The van der Waals surface area contributed by atoms with Gasteiger partial charge in [0.25, 0.3) is 0 Å². The van der Waals surface area contributed by atoms with Gasteiger partial charge in [-0.3, -0.25) is 19.4 Å². The Morgan fingerprint density at radius 3 is 2.89 bits per heavy atom. The summed E-state index contributed by atoms with van der Waals surface area (Å²) >= 11 is 4.41. The fraction of sp³-hybridized carbons (Fsp3) is 0.0909. The minimum Gasteiger partial charge on any atom is -0.265 e. The van der Waals surface area contributed by atoms with Crippen molar-refractivity contribution in [1.82, 2.24) is 14.8 Å². The Labute approximate surface area is 120 Å². The number of hydrogen-bond donors (Lipinski definition) is 1. The van der Waals surface area contributed by atoms with Gasteiger partial charge in [0.1, 0.15) is 6.07 Å². The van der Waals surface area contributed by atoms with E-state index >= 15 is 0 Å². The second kappa shape index (κ2) is 5.42. The Balaban J connectivity index is 2.48. The number of nitrogens with one attached hydrogen (secondary N) is 1. The molecular formula is C11H7BrN4O2S. The van der Waals surface area contributed by atoms with E-state index in [1.54, 1.807) is 25.2 Å². The van der Waals surface area contributed by atoms with E-state index in [9.17, 15) is 9.59 Å². The van der Waals surface area contributed by atoms with Crippen LogP contribution in [-0.2, 0) is 7.05 Å². The number of nitrogens with zero attached hydrogens (tertiary/aromatic N) is 3. The van der Waals surface area contributed by atoms with E-state index in [-0.39, 0.29) is 0 Å². The average molecular weight is 339 g/mol. The molecule has 0 spiro atoms. The zero-order valence-electron chi connectivity index (χ0n) is 9.68. The molecule has 0 fully saturated rings. The summed E-state index contributed by atoms with van der Waals surface area (Å²) < 4.78 is 2.13. The molecule has 6 nitrogen and oxygen atoms in total. The number of benzene rings is 1. The van der Waals surface area contributed by atoms with Gasteiger partial charge < -0.3 is 0 Å². The van der Waals surface area contributed by atoms with Crippen LogP contribution in [0.4, 0.5) is 0 Å². The number of aromatic nitrogens is 3. The molecule has 0 radical (unpaired) electrons. The SMILES string of the molecule is Cn1[nH]c(=O)c(=O)nc1Sc1ccc(Br)cc1C#N. The van der Waals surface area contributed by atoms with Crippen LogP contribution in [0, 0.1) is 11.3 Å². The standard InChI is InChI=1S/C11H7BrN4O2S/c1-16-11(14-9(17)10(18)15-16)19-8-3-2-7(12)4-6(8)5-13/h2-4H,1H3,(H,15,18). The minimum absolute atomic E-state index is 0.309. The lowest BCUT2D eigenvalue weighted by atomic mass is 10.2. The van der Waals surface area contributed by atoms with E-state index < -0.39 is 11.1 Å². The summed E-state index contributed by atoms with van der Waals surface area (Å²) in [5.41, 5.74) is -1.17. The van der Waals surface area contributed by atoms with E-state index in [0.717, 1.165) is 16.2 Å². The zero-order valence-corrected chi connectivity index (χ0v) is 12.1. The molecule has 1 heterocycles. The van der Waals surface area contributed by atoms with Crippen LogP contribution in [0.2, 0.25) is 0 Å². The normalized spacial score (nSPS) is 10.2. The smallest absolute Gasteiger partial charge is 0.265 e. The Kier molecular flexibility index (Phi) is 3.87. The number of aryl methyl sites for hydroxylation is 1. The minimum atomic E-state index is -0.851. The Bertz CT molecular complexity index is 791. The summed E-state index contributed by atoms with van der Waals surface area (Å²) in [6.45, 7) is 0. The first-order valence-electron chi connectivity index (χ1n) is 5.06. The quantitative estimate of drug-likeness (QED) is 0.832. The van der Waals surface area contributed by atoms with Crippen LogP contribution in [0.3, 0.4) is 0 Å². The van der Waals surface area contributed by atoms with Crippen LogP contribution < -0.4 is 11.1 Å². The van der Waals surface area contributed by atoms with Gasteiger partial charge in [-0.1, -0.05) is 15.9 Å². The van der Waals surface area contributed by atoms with Crippen molar-refractivity contribution in [3.05, 3.63) is 48.9 Å². The first kappa shape index (κ1) is 13.6. The molecular weight excluding hydrogens is 332 g/mol. The predicted molar refractivity (Wildman–Crippen MR) is 73.1 cm³/mol. The van der Waals surface area contributed by atoms with E-state index in [0.29, 0.717) is 15.6 Å². The fourth-order valence-electron chi connectivity index (χ4n) is 1.33. The van der Waals surface area contributed by atoms with Crippen LogP contribution in [0.1, 0.15) is 5.56 Å². The van der Waals surface area contributed by atoms with Gasteiger partial charge in [0.05, 0.1) is 5.56 Å². The summed E-state index contributed by atoms with van der Waals surface area (Å²) in [6, 6.07) is 7.26. The first-order chi connectivity index (χ1) is 9.01. The third kappa shape index (κ3) is 2.94. The van der Waals surface area contributed by atoms with Crippen molar-refractivity contribution in [2.24, 2.45) is 7.05 Å². The number of rotatable bonds is 2. The van der Waals surface area contributed by atoms with E-state index in [1.807, 2.05) is 0 Å². The molecule has 2 aromatic rings. The molecule has 0 saturated carbocycles. The van der Waals surface area contributed by atoms with Crippen molar-refractivity contribution >= 4 is 27.7 Å². The predicted octanol–water partition coefficient (Wildman–Crippen LogP) is 1.25. The highest BCUT2D eigenvalue weighted by Gasteiger charge is 2.10. The molecule has 96 valence electrons. The molecule has 1 N–H and O–H groups in total. The van der Waals surface area contributed by atoms with E-state index in [2.05, 4.69) is 32.1 Å². The Morgan fingerprint density at radius 2 is 2.21 bits per heavy atom. The molecule has 0 aliphatic rings. The van der Waals surface area contributed by atoms with Crippen LogP contribution in [0.25, 0.3) is 0 Å². The molecule has 0 amide bonds. The number of H-pyrrole nitrogens is 1. The highest BCUT2D eigenvalue weighted by molar-refractivity contribution is 9.10. The topological polar surface area (TPSA) is 91.5 Å². The maximum atomic E-state index is 11.2. The van der Waals surface area contributed by atoms with Crippen LogP contribution in [0.15, 0.2) is 42.3 Å². The maximum Gasteiger partial charge on any atom is 0.339 e. The second-order valence-corrected chi connectivity index (χ2v) is 5.48. The van der Waals surface area contributed by atoms with Gasteiger partial charge in [-0.2, -0.15) is 10.2 Å². The van der Waals surface area contributed by atoms with Crippen molar-refractivity contribution in [1.29, 1.82) is 5.26 Å². The van der Waals surface area contributed by atoms with Gasteiger partial charge in [0.2, 0.25) is 0 Å². The molecule has 8 heteroatoms. The van der Waals surface area contributed by atoms with Gasteiger partial charge in [-0.05, 0) is 30.0 Å². The Morgan fingerprint density at radius 1 is 1.47 bits per heavy atom. The zero-order chi connectivity index (χ0) is 14.0. The largest absolute Gasteiger partial charge is 0.339 e. The van der Waals surface area contributed by atoms with Crippen LogP contribution >= 0.6 is 27.7 Å². The molecule has 1 aromatic heterocycles. The van der Waals surface area contributed by atoms with Crippen LogP contribution in [-0.4, -0.2) is 14.8 Å². The number of halogens is 1. The molecule has 0 bridgehead atoms. The molecule has 0 aliphatic carbocycles. The highest BCUT2D eigenvalue weighted by atomic mass is 79.9. The van der Waals surface area contributed by atoms with Gasteiger partial charge in [0, 0.05) is 16.4 Å². The monoisotopic (exact) mass is 338 g/mol. The van der Waals surface area contributed by atoms with Crippen molar-refractivity contribution in [2.75, 3.05) is 0 Å². The summed E-state index contributed by atoms with van der Waals surface area (Å²) in [5, 5.41) is 11.7. The second-order valence-electron chi connectivity index (χ2n) is 3.55. The number of aromatic amines is 1. The lowest BCUT2D eigenvalue weighted by molar-refractivity contribution is 0.596. The first-order valence-corrected chi connectivity index (χ1v) is 6.67. The summed E-state index contributed by atoms with van der Waals surface area (Å²) in [7, 11) is 1.57. The molecule has 19 heavy (non-hydrogen) atoms. The van der Waals surface area contributed by atoms with Gasteiger partial charge >= 0.3 is 11.1 Å². The van der Waals surface area contributed by atoms with Crippen molar-refractivity contribution < 1.29 is 0 Å². The highest BCUT2D eigenvalue weighted by Crippen LogP contribution is 2.29. The van der Waals surface area contributed by atoms with Gasteiger partial charge in [-0.15, -0.1) is 0 Å². The maximum absolute atomic E-state index is 11.2. The lowest BCUT2D eigenvalue weighted by Gasteiger charge is -2.07. The molecule has 0 saturated heterocycles. The lowest BCUT2D eigenvalue weighted by Crippen LogP contribution is -2.33. The number of hydrogen-bond acceptors (Lipinski definition) is 5. The summed E-state index contributed by atoms with van der Waals surface area (Å²) in [5.74, 6) is 0. The van der Waals surface area contributed by atoms with Crippen molar-refractivity contribution in [3.8, 4) is 6.07 Å². The average Bonchev–Trinajstić information content (AvgIpc) is 2.37. The van der Waals surface area contributed by atoms with Gasteiger partial charge in [0.15, 0.2) is 5.16 Å². The third-order valence-corrected chi connectivity index (χ3v) is 3.83. The molecule has 0 unspecified atom stereocenters. The van der Waals surface area contributed by atoms with E-state index in [4.69, 9.17) is 5.26 Å². The molecule has 0 atom stereocenters.